The average Bonchev–Trinajstić information content (AvgIpc) is 2.94. The molecule has 0 unspecified atom stereocenters. The van der Waals surface area contributed by atoms with Crippen molar-refractivity contribution in [2.24, 2.45) is 0 Å². The summed E-state index contributed by atoms with van der Waals surface area (Å²) in [7, 11) is 0. The van der Waals surface area contributed by atoms with Gasteiger partial charge in [0.15, 0.2) is 0 Å². The van der Waals surface area contributed by atoms with E-state index in [0.29, 0.717) is 0 Å². The number of benzene rings is 2. The van der Waals surface area contributed by atoms with Gasteiger partial charge in [0.2, 0.25) is 0 Å². The lowest BCUT2D eigenvalue weighted by Gasteiger charge is -2.06. The van der Waals surface area contributed by atoms with Gasteiger partial charge in [-0.1, -0.05) is 12.1 Å². The van der Waals surface area contributed by atoms with Crippen molar-refractivity contribution in [3.05, 3.63) is 53.9 Å². The number of fused-ring (bicyclic) bond motifs is 2. The Labute approximate surface area is 121 Å². The third-order valence-electron chi connectivity index (χ3n) is 3.90. The topological polar surface area (TPSA) is 54.5 Å². The Bertz CT molecular complexity index is 969. The summed E-state index contributed by atoms with van der Waals surface area (Å²) in [6.45, 7) is 4.22. The molecule has 4 nitrogen and oxygen atoms in total. The molecule has 0 amide bonds. The molecule has 0 aliphatic carbocycles. The number of nitrogens with zero attached hydrogens (tertiary/aromatic N) is 3. The molecule has 0 aliphatic heterocycles. The SMILES string of the molecule is Cc1ccc(-c2cnc3cc4cn[nH]c4cc3n2)cc1C. The first-order chi connectivity index (χ1) is 10.2. The highest BCUT2D eigenvalue weighted by Crippen LogP contribution is 2.23. The standard InChI is InChI=1S/C17H14N4/c1-10-3-4-12(5-11(10)2)17-9-18-15-6-13-8-19-21-14(13)7-16(15)20-17/h3-9H,1-2H3,(H,19,21). The molecule has 4 aromatic rings. The van der Waals surface area contributed by atoms with Gasteiger partial charge in [-0.05, 0) is 43.2 Å². The summed E-state index contributed by atoms with van der Waals surface area (Å²) in [5, 5.41) is 8.07. The van der Waals surface area contributed by atoms with Crippen molar-refractivity contribution in [3.63, 3.8) is 0 Å². The minimum Gasteiger partial charge on any atom is -0.278 e. The first-order valence-electron chi connectivity index (χ1n) is 6.88. The van der Waals surface area contributed by atoms with Gasteiger partial charge in [-0.2, -0.15) is 5.10 Å². The maximum atomic E-state index is 4.74. The molecule has 0 atom stereocenters. The zero-order chi connectivity index (χ0) is 14.4. The van der Waals surface area contributed by atoms with Crippen molar-refractivity contribution in [2.45, 2.75) is 13.8 Å². The average molecular weight is 274 g/mol. The highest BCUT2D eigenvalue weighted by Gasteiger charge is 2.06. The number of aryl methyl sites for hydroxylation is 2. The lowest BCUT2D eigenvalue weighted by atomic mass is 10.0. The van der Waals surface area contributed by atoms with Gasteiger partial charge in [0.05, 0.1) is 34.6 Å². The molecule has 2 aromatic carbocycles. The fourth-order valence-corrected chi connectivity index (χ4v) is 2.49. The lowest BCUT2D eigenvalue weighted by molar-refractivity contribution is 1.12. The minimum atomic E-state index is 0.877. The van der Waals surface area contributed by atoms with Gasteiger partial charge in [0.1, 0.15) is 0 Å². The van der Waals surface area contributed by atoms with Gasteiger partial charge in [-0.3, -0.25) is 10.1 Å². The summed E-state index contributed by atoms with van der Waals surface area (Å²) in [5.41, 5.74) is 7.28. The first-order valence-corrected chi connectivity index (χ1v) is 6.88. The maximum absolute atomic E-state index is 4.74. The Kier molecular flexibility index (Phi) is 2.51. The molecule has 0 saturated heterocycles. The van der Waals surface area contributed by atoms with Gasteiger partial charge in [0.25, 0.3) is 0 Å². The van der Waals surface area contributed by atoms with Crippen molar-refractivity contribution in [3.8, 4) is 11.3 Å². The van der Waals surface area contributed by atoms with Gasteiger partial charge in [-0.25, -0.2) is 4.98 Å². The van der Waals surface area contributed by atoms with E-state index in [0.717, 1.165) is 33.2 Å². The predicted octanol–water partition coefficient (Wildman–Crippen LogP) is 3.79. The summed E-state index contributed by atoms with van der Waals surface area (Å²) in [5.74, 6) is 0. The highest BCUT2D eigenvalue weighted by atomic mass is 15.1. The summed E-state index contributed by atoms with van der Waals surface area (Å²) >= 11 is 0. The Morgan fingerprint density at radius 3 is 2.67 bits per heavy atom. The van der Waals surface area contributed by atoms with E-state index in [4.69, 9.17) is 4.98 Å². The number of hydrogen-bond donors (Lipinski definition) is 1. The molecule has 21 heavy (non-hydrogen) atoms. The second kappa shape index (κ2) is 4.38. The molecule has 0 fully saturated rings. The van der Waals surface area contributed by atoms with E-state index < -0.39 is 0 Å². The fraction of sp³-hybridized carbons (Fsp3) is 0.118. The number of rotatable bonds is 1. The Morgan fingerprint density at radius 1 is 0.905 bits per heavy atom. The molecule has 0 bridgehead atoms. The summed E-state index contributed by atoms with van der Waals surface area (Å²) in [4.78, 5) is 9.27. The molecule has 1 N–H and O–H groups in total. The van der Waals surface area contributed by atoms with Gasteiger partial charge >= 0.3 is 0 Å². The molecule has 102 valence electrons. The lowest BCUT2D eigenvalue weighted by Crippen LogP contribution is -1.90. The molecular weight excluding hydrogens is 260 g/mol. The smallest absolute Gasteiger partial charge is 0.0916 e. The quantitative estimate of drug-likeness (QED) is 0.574. The van der Waals surface area contributed by atoms with Crippen molar-refractivity contribution in [1.29, 1.82) is 0 Å². The van der Waals surface area contributed by atoms with Crippen LogP contribution in [0.3, 0.4) is 0 Å². The minimum absolute atomic E-state index is 0.877. The van der Waals surface area contributed by atoms with E-state index in [-0.39, 0.29) is 0 Å². The van der Waals surface area contributed by atoms with Crippen molar-refractivity contribution < 1.29 is 0 Å². The van der Waals surface area contributed by atoms with E-state index in [1.54, 1.807) is 6.20 Å². The number of hydrogen-bond acceptors (Lipinski definition) is 3. The van der Waals surface area contributed by atoms with E-state index in [1.165, 1.54) is 11.1 Å². The summed E-state index contributed by atoms with van der Waals surface area (Å²) < 4.78 is 0. The molecule has 4 rings (SSSR count). The van der Waals surface area contributed by atoms with Crippen LogP contribution in [0.5, 0.6) is 0 Å². The second-order valence-electron chi connectivity index (χ2n) is 5.35. The van der Waals surface area contributed by atoms with Crippen LogP contribution in [0.1, 0.15) is 11.1 Å². The summed E-state index contributed by atoms with van der Waals surface area (Å²) in [6.07, 6.45) is 3.63. The van der Waals surface area contributed by atoms with Crippen molar-refractivity contribution in [2.75, 3.05) is 0 Å². The van der Waals surface area contributed by atoms with Crippen LogP contribution >= 0.6 is 0 Å². The number of nitrogens with one attached hydrogen (secondary N) is 1. The number of H-pyrrole nitrogens is 1. The van der Waals surface area contributed by atoms with Crippen LogP contribution in [0.15, 0.2) is 42.7 Å². The molecule has 0 radical (unpaired) electrons. The maximum Gasteiger partial charge on any atom is 0.0916 e. The Morgan fingerprint density at radius 2 is 1.81 bits per heavy atom. The number of aromatic amines is 1. The normalized spacial score (nSPS) is 11.3. The summed E-state index contributed by atoms with van der Waals surface area (Å²) in [6, 6.07) is 10.4. The third-order valence-corrected chi connectivity index (χ3v) is 3.90. The van der Waals surface area contributed by atoms with Crippen LogP contribution in [0.2, 0.25) is 0 Å². The largest absolute Gasteiger partial charge is 0.278 e. The van der Waals surface area contributed by atoms with Crippen LogP contribution in [0.4, 0.5) is 0 Å². The van der Waals surface area contributed by atoms with Crippen LogP contribution < -0.4 is 0 Å². The predicted molar refractivity (Wildman–Crippen MR) is 84.1 cm³/mol. The monoisotopic (exact) mass is 274 g/mol. The van der Waals surface area contributed by atoms with Crippen LogP contribution in [0, 0.1) is 13.8 Å². The highest BCUT2D eigenvalue weighted by molar-refractivity contribution is 5.92. The van der Waals surface area contributed by atoms with E-state index >= 15 is 0 Å². The Balaban J connectivity index is 1.92. The van der Waals surface area contributed by atoms with Gasteiger partial charge < -0.3 is 0 Å². The van der Waals surface area contributed by atoms with Gasteiger partial charge in [-0.15, -0.1) is 0 Å². The first kappa shape index (κ1) is 12.0. The van der Waals surface area contributed by atoms with E-state index in [2.05, 4.69) is 47.2 Å². The van der Waals surface area contributed by atoms with Gasteiger partial charge in [0, 0.05) is 10.9 Å². The fourth-order valence-electron chi connectivity index (χ4n) is 2.49. The van der Waals surface area contributed by atoms with Crippen LogP contribution in [-0.4, -0.2) is 20.2 Å². The molecule has 4 heteroatoms. The molecule has 0 saturated carbocycles. The molecular formula is C17H14N4. The van der Waals surface area contributed by atoms with E-state index in [9.17, 15) is 0 Å². The van der Waals surface area contributed by atoms with Crippen molar-refractivity contribution >= 4 is 21.9 Å². The molecule has 0 spiro atoms. The van der Waals surface area contributed by atoms with Crippen LogP contribution in [0.25, 0.3) is 33.2 Å². The zero-order valence-corrected chi connectivity index (χ0v) is 11.9. The van der Waals surface area contributed by atoms with Crippen molar-refractivity contribution in [1.82, 2.24) is 20.2 Å². The molecule has 2 aromatic heterocycles. The number of aromatic nitrogens is 4. The molecule has 2 heterocycles. The molecule has 0 aliphatic rings. The zero-order valence-electron chi connectivity index (χ0n) is 11.9. The third kappa shape index (κ3) is 1.96. The van der Waals surface area contributed by atoms with Crippen LogP contribution in [-0.2, 0) is 0 Å². The second-order valence-corrected chi connectivity index (χ2v) is 5.35. The van der Waals surface area contributed by atoms with E-state index in [1.807, 2.05) is 18.3 Å². The Hall–Kier alpha value is -2.75.